The van der Waals surface area contributed by atoms with E-state index in [1.54, 1.807) is 16.8 Å². The molecule has 3 saturated heterocycles. The molecule has 4 aliphatic rings. The van der Waals surface area contributed by atoms with E-state index >= 15 is 0 Å². The highest BCUT2D eigenvalue weighted by Gasteiger charge is 2.42. The Morgan fingerprint density at radius 1 is 1.06 bits per heavy atom. The Kier molecular flexibility index (Phi) is 10.4. The minimum absolute atomic E-state index is 0.0686. The van der Waals surface area contributed by atoms with E-state index < -0.39 is 23.7 Å². The van der Waals surface area contributed by atoms with Gasteiger partial charge in [0.2, 0.25) is 23.6 Å². The number of nitrogens with zero attached hydrogens (tertiary/aromatic N) is 3. The first-order valence-electron chi connectivity index (χ1n) is 17.2. The smallest absolute Gasteiger partial charge is 0.247 e. The third-order valence-corrected chi connectivity index (χ3v) is 10.9. The van der Waals surface area contributed by atoms with Gasteiger partial charge in [0.15, 0.2) is 0 Å². The molecule has 12 nitrogen and oxygen atoms in total. The van der Waals surface area contributed by atoms with Crippen LogP contribution in [0.2, 0.25) is 0 Å². The number of hydrogen-bond donors (Lipinski definition) is 4. The first-order valence-corrected chi connectivity index (χ1v) is 18.1. The lowest BCUT2D eigenvalue weighted by molar-refractivity contribution is -0.141. The predicted molar refractivity (Wildman–Crippen MR) is 181 cm³/mol. The molecule has 3 fully saturated rings. The number of likely N-dealkylation sites (tertiary alicyclic amines) is 2. The molecule has 5 heterocycles. The third-order valence-electron chi connectivity index (χ3n) is 10.0. The summed E-state index contributed by atoms with van der Waals surface area (Å²) in [6, 6.07) is 4.86. The molecule has 0 saturated carbocycles. The summed E-state index contributed by atoms with van der Waals surface area (Å²) in [5, 5.41) is 19.8. The molecule has 48 heavy (non-hydrogen) atoms. The monoisotopic (exact) mass is 680 g/mol. The average Bonchev–Trinajstić information content (AvgIpc) is 3.83. The summed E-state index contributed by atoms with van der Waals surface area (Å²) in [6.45, 7) is 9.81. The number of amides is 4. The van der Waals surface area contributed by atoms with Gasteiger partial charge >= 0.3 is 0 Å². The molecule has 13 heteroatoms. The van der Waals surface area contributed by atoms with Crippen molar-refractivity contribution in [3.8, 4) is 16.2 Å². The van der Waals surface area contributed by atoms with Crippen LogP contribution in [0.1, 0.15) is 70.6 Å². The van der Waals surface area contributed by atoms with Crippen molar-refractivity contribution < 1.29 is 29.0 Å². The molecule has 4 N–H and O–H groups in total. The Labute approximate surface area is 286 Å². The van der Waals surface area contributed by atoms with Gasteiger partial charge in [0.05, 0.1) is 28.6 Å². The van der Waals surface area contributed by atoms with Gasteiger partial charge in [-0.2, -0.15) is 0 Å². The molecule has 260 valence electrons. The predicted octanol–water partition coefficient (Wildman–Crippen LogP) is 2.44. The van der Waals surface area contributed by atoms with Crippen molar-refractivity contribution in [3.63, 3.8) is 0 Å². The van der Waals surface area contributed by atoms with Crippen molar-refractivity contribution in [1.29, 1.82) is 0 Å². The number of hydrogen-bond acceptors (Lipinski definition) is 9. The first kappa shape index (κ1) is 34.3. The van der Waals surface area contributed by atoms with E-state index in [4.69, 9.17) is 4.74 Å². The summed E-state index contributed by atoms with van der Waals surface area (Å²) >= 11 is 1.56. The number of aliphatic hydroxyl groups is 1. The molecule has 2 aromatic rings. The normalized spacial score (nSPS) is 23.6. The maximum absolute atomic E-state index is 13.9. The lowest BCUT2D eigenvalue weighted by Crippen LogP contribution is -2.58. The van der Waals surface area contributed by atoms with Gasteiger partial charge in [0.25, 0.3) is 0 Å². The number of aliphatic hydroxyl groups excluding tert-OH is 1. The van der Waals surface area contributed by atoms with Gasteiger partial charge < -0.3 is 35.6 Å². The van der Waals surface area contributed by atoms with Crippen molar-refractivity contribution >= 4 is 35.0 Å². The van der Waals surface area contributed by atoms with E-state index in [1.165, 1.54) is 4.90 Å². The maximum Gasteiger partial charge on any atom is 0.247 e. The van der Waals surface area contributed by atoms with Crippen LogP contribution >= 0.6 is 11.3 Å². The van der Waals surface area contributed by atoms with Crippen LogP contribution in [0.4, 0.5) is 0 Å². The number of β-amino-alcohol motifs (C(OH)–C–C–N with tert-alkyl or cyclic N) is 1. The molecule has 2 unspecified atom stereocenters. The number of carbonyl (C=O) groups excluding carboxylic acids is 4. The highest BCUT2D eigenvalue weighted by molar-refractivity contribution is 7.13. The SMILES string of the molecule is CC(C)(C)[C@H](NC(=O)CCCCCC(=O)N1CC2CNCC2C1)C(=O)N1C[C@H](O)C[C@H]1NC(=O)Cc1ccc2c(c1)OCc1ncsc1-2. The van der Waals surface area contributed by atoms with Gasteiger partial charge in [0, 0.05) is 57.5 Å². The van der Waals surface area contributed by atoms with Gasteiger partial charge in [-0.1, -0.05) is 33.3 Å². The molecule has 0 aliphatic carbocycles. The number of nitrogens with one attached hydrogen (secondary N) is 3. The molecule has 0 spiro atoms. The minimum Gasteiger partial charge on any atom is -0.487 e. The largest absolute Gasteiger partial charge is 0.487 e. The zero-order valence-corrected chi connectivity index (χ0v) is 28.9. The minimum atomic E-state index is -0.838. The van der Waals surface area contributed by atoms with Crippen LogP contribution in [0.15, 0.2) is 23.7 Å². The molecule has 1 aromatic heterocycles. The standard InChI is InChI=1S/C35H48N6O6S/c1-35(2,3)33(39-29(43)7-5-4-6-8-31(45)40-16-22-14-36-15-23(22)17-40)34(46)41-18-24(42)13-28(41)38-30(44)12-21-9-10-25-27(11-21)47-19-26-32(25)48-20-37-26/h9-11,20,22-24,28,33,36,42H,4-8,12-19H2,1-3H3,(H,38,44)(H,39,43)/t22?,23?,24-,28+,33-/m1/s1. The summed E-state index contributed by atoms with van der Waals surface area (Å²) in [6.07, 6.45) is 1.67. The molecule has 5 atom stereocenters. The third kappa shape index (κ3) is 7.84. The van der Waals surface area contributed by atoms with Crippen LogP contribution in [0, 0.1) is 17.3 Å². The summed E-state index contributed by atoms with van der Waals surface area (Å²) in [7, 11) is 0. The van der Waals surface area contributed by atoms with Gasteiger partial charge in [-0.15, -0.1) is 11.3 Å². The first-order chi connectivity index (χ1) is 23.0. The van der Waals surface area contributed by atoms with Crippen LogP contribution < -0.4 is 20.7 Å². The van der Waals surface area contributed by atoms with Gasteiger partial charge in [-0.05, 0) is 47.8 Å². The Morgan fingerprint density at radius 3 is 2.56 bits per heavy atom. The van der Waals surface area contributed by atoms with Crippen molar-refractivity contribution in [2.45, 2.75) is 90.6 Å². The van der Waals surface area contributed by atoms with E-state index in [1.807, 2.05) is 43.9 Å². The number of aromatic nitrogens is 1. The molecular formula is C35H48N6O6S. The number of thiazole rings is 1. The lowest BCUT2D eigenvalue weighted by atomic mass is 9.85. The van der Waals surface area contributed by atoms with Crippen LogP contribution in [0.3, 0.4) is 0 Å². The molecule has 4 aliphatic heterocycles. The number of fused-ring (bicyclic) bond motifs is 4. The van der Waals surface area contributed by atoms with Crippen molar-refractivity contribution in [3.05, 3.63) is 35.0 Å². The number of carbonyl (C=O) groups is 4. The second kappa shape index (κ2) is 14.5. The zero-order chi connectivity index (χ0) is 34.0. The topological polar surface area (TPSA) is 153 Å². The van der Waals surface area contributed by atoms with Gasteiger partial charge in [-0.3, -0.25) is 19.2 Å². The Bertz CT molecular complexity index is 1510. The fourth-order valence-electron chi connectivity index (χ4n) is 7.34. The summed E-state index contributed by atoms with van der Waals surface area (Å²) in [4.78, 5) is 61.6. The molecule has 1 aromatic carbocycles. The second-order valence-electron chi connectivity index (χ2n) is 14.8. The van der Waals surface area contributed by atoms with E-state index in [0.717, 1.165) is 60.7 Å². The number of rotatable bonds is 11. The zero-order valence-electron chi connectivity index (χ0n) is 28.1. The highest BCUT2D eigenvalue weighted by atomic mass is 32.1. The highest BCUT2D eigenvalue weighted by Crippen LogP contribution is 2.40. The van der Waals surface area contributed by atoms with Gasteiger partial charge in [0.1, 0.15) is 24.6 Å². The van der Waals surface area contributed by atoms with Crippen LogP contribution in [-0.4, -0.2) is 94.6 Å². The van der Waals surface area contributed by atoms with Crippen LogP contribution in [-0.2, 0) is 32.2 Å². The number of benzene rings is 1. The summed E-state index contributed by atoms with van der Waals surface area (Å²) in [5.74, 6) is 1.23. The van der Waals surface area contributed by atoms with E-state index in [2.05, 4.69) is 20.9 Å². The number of unbranched alkanes of at least 4 members (excludes halogenated alkanes) is 2. The molecular weight excluding hydrogens is 632 g/mol. The van der Waals surface area contributed by atoms with E-state index in [-0.39, 0.29) is 49.4 Å². The summed E-state index contributed by atoms with van der Waals surface area (Å²) in [5.41, 5.74) is 3.84. The van der Waals surface area contributed by atoms with E-state index in [9.17, 15) is 24.3 Å². The molecule has 4 amide bonds. The van der Waals surface area contributed by atoms with Crippen LogP contribution in [0.25, 0.3) is 10.4 Å². The quantitative estimate of drug-likeness (QED) is 0.264. The Morgan fingerprint density at radius 2 is 1.81 bits per heavy atom. The fourth-order valence-corrected chi connectivity index (χ4v) is 8.17. The summed E-state index contributed by atoms with van der Waals surface area (Å²) < 4.78 is 5.87. The molecule has 0 radical (unpaired) electrons. The van der Waals surface area contributed by atoms with Crippen molar-refractivity contribution in [2.24, 2.45) is 17.3 Å². The second-order valence-corrected chi connectivity index (χ2v) is 15.6. The van der Waals surface area contributed by atoms with Crippen molar-refractivity contribution in [2.75, 3.05) is 32.7 Å². The molecule has 0 bridgehead atoms. The Balaban J connectivity index is 0.978. The Hall–Kier alpha value is -3.55. The fraction of sp³-hybridized carbons (Fsp3) is 0.629. The number of ether oxygens (including phenoxy) is 1. The van der Waals surface area contributed by atoms with Crippen molar-refractivity contribution in [1.82, 2.24) is 30.7 Å². The van der Waals surface area contributed by atoms with Crippen LogP contribution in [0.5, 0.6) is 5.75 Å². The average molecular weight is 681 g/mol. The van der Waals surface area contributed by atoms with Gasteiger partial charge in [-0.25, -0.2) is 4.98 Å². The maximum atomic E-state index is 13.9. The van der Waals surface area contributed by atoms with E-state index in [0.29, 0.717) is 37.0 Å². The molecule has 6 rings (SSSR count). The lowest BCUT2D eigenvalue weighted by Gasteiger charge is -2.35.